The van der Waals surface area contributed by atoms with Gasteiger partial charge in [-0.1, -0.05) is 36.7 Å². The number of esters is 1. The van der Waals surface area contributed by atoms with Crippen LogP contribution in [0.3, 0.4) is 0 Å². The lowest BCUT2D eigenvalue weighted by Gasteiger charge is -2.13. The fourth-order valence-corrected chi connectivity index (χ4v) is 3.52. The third-order valence-corrected chi connectivity index (χ3v) is 4.81. The van der Waals surface area contributed by atoms with Crippen molar-refractivity contribution in [1.82, 2.24) is 0 Å². The molecule has 1 aromatic carbocycles. The van der Waals surface area contributed by atoms with Gasteiger partial charge in [-0.25, -0.2) is 4.79 Å². The molecule has 0 aliphatic heterocycles. The fraction of sp³-hybridized carbons (Fsp3) is 0.312. The number of aryl methyl sites for hydroxylation is 1. The molecule has 2 rings (SSSR count). The Hall–Kier alpha value is -1.52. The van der Waals surface area contributed by atoms with E-state index in [1.165, 1.54) is 18.4 Å². The molecular formula is C16H18ClNO2S. The minimum absolute atomic E-state index is 0.310. The first-order valence-corrected chi connectivity index (χ1v) is 7.93. The van der Waals surface area contributed by atoms with Crippen molar-refractivity contribution in [2.24, 2.45) is 0 Å². The molecule has 5 heteroatoms. The molecule has 0 spiro atoms. The Morgan fingerprint density at radius 1 is 1.43 bits per heavy atom. The maximum absolute atomic E-state index is 11.7. The number of carbonyl (C=O) groups excluding carboxylic acids is 1. The number of ether oxygens (including phenoxy) is 1. The van der Waals surface area contributed by atoms with E-state index in [1.807, 2.05) is 30.3 Å². The van der Waals surface area contributed by atoms with Crippen molar-refractivity contribution in [3.8, 4) is 0 Å². The SMILES string of the molecule is COC(=O)c1sc(N)cc1CC[C@H](C)c1ccccc1Cl. The number of nitrogens with two attached hydrogens (primary N) is 1. The Kier molecular flexibility index (Phi) is 5.26. The average Bonchev–Trinajstić information content (AvgIpc) is 2.85. The number of halogens is 1. The monoisotopic (exact) mass is 323 g/mol. The van der Waals surface area contributed by atoms with Gasteiger partial charge in [-0.3, -0.25) is 0 Å². The molecule has 112 valence electrons. The Morgan fingerprint density at radius 2 is 2.14 bits per heavy atom. The average molecular weight is 324 g/mol. The molecule has 1 heterocycles. The maximum atomic E-state index is 11.7. The van der Waals surface area contributed by atoms with Gasteiger partial charge in [0.05, 0.1) is 12.1 Å². The van der Waals surface area contributed by atoms with Crippen LogP contribution in [0.4, 0.5) is 5.00 Å². The fourth-order valence-electron chi connectivity index (χ4n) is 2.30. The molecule has 0 amide bonds. The van der Waals surface area contributed by atoms with Gasteiger partial charge in [0, 0.05) is 5.02 Å². The van der Waals surface area contributed by atoms with Crippen LogP contribution in [0.1, 0.15) is 40.1 Å². The number of hydrogen-bond acceptors (Lipinski definition) is 4. The summed E-state index contributed by atoms with van der Waals surface area (Å²) >= 11 is 7.49. The molecule has 0 aliphatic carbocycles. The summed E-state index contributed by atoms with van der Waals surface area (Å²) < 4.78 is 4.80. The van der Waals surface area contributed by atoms with Crippen molar-refractivity contribution in [1.29, 1.82) is 0 Å². The third kappa shape index (κ3) is 3.77. The van der Waals surface area contributed by atoms with Crippen molar-refractivity contribution < 1.29 is 9.53 Å². The van der Waals surface area contributed by atoms with Gasteiger partial charge in [-0.2, -0.15) is 0 Å². The lowest BCUT2D eigenvalue weighted by atomic mass is 9.94. The molecule has 0 bridgehead atoms. The third-order valence-electron chi connectivity index (χ3n) is 3.48. The van der Waals surface area contributed by atoms with Crippen molar-refractivity contribution >= 4 is 33.9 Å². The highest BCUT2D eigenvalue weighted by atomic mass is 35.5. The molecule has 0 aliphatic rings. The number of thiophene rings is 1. The predicted octanol–water partition coefficient (Wildman–Crippen LogP) is 4.51. The van der Waals surface area contributed by atoms with Crippen molar-refractivity contribution in [3.63, 3.8) is 0 Å². The Bertz CT molecular complexity index is 639. The Morgan fingerprint density at radius 3 is 2.81 bits per heavy atom. The van der Waals surface area contributed by atoms with Crippen molar-refractivity contribution in [2.45, 2.75) is 25.7 Å². The first kappa shape index (κ1) is 15.9. The van der Waals surface area contributed by atoms with Gasteiger partial charge in [0.2, 0.25) is 0 Å². The van der Waals surface area contributed by atoms with E-state index in [2.05, 4.69) is 6.92 Å². The zero-order valence-electron chi connectivity index (χ0n) is 12.1. The molecular weight excluding hydrogens is 306 g/mol. The molecule has 2 N–H and O–H groups in total. The summed E-state index contributed by atoms with van der Waals surface area (Å²) in [7, 11) is 1.38. The van der Waals surface area contributed by atoms with E-state index in [1.54, 1.807) is 0 Å². The minimum Gasteiger partial charge on any atom is -0.465 e. The van der Waals surface area contributed by atoms with Crippen LogP contribution >= 0.6 is 22.9 Å². The summed E-state index contributed by atoms with van der Waals surface area (Å²) in [5, 5.41) is 1.42. The summed E-state index contributed by atoms with van der Waals surface area (Å²) in [5.41, 5.74) is 7.88. The highest BCUT2D eigenvalue weighted by molar-refractivity contribution is 7.17. The van der Waals surface area contributed by atoms with Crippen molar-refractivity contribution in [2.75, 3.05) is 12.8 Å². The number of nitrogen functional groups attached to an aromatic ring is 1. The van der Waals surface area contributed by atoms with Crippen LogP contribution < -0.4 is 5.73 Å². The molecule has 1 aromatic heterocycles. The van der Waals surface area contributed by atoms with Gasteiger partial charge < -0.3 is 10.5 Å². The van der Waals surface area contributed by atoms with Crippen LogP contribution in [0, 0.1) is 0 Å². The van der Waals surface area contributed by atoms with E-state index in [0.29, 0.717) is 15.8 Å². The molecule has 3 nitrogen and oxygen atoms in total. The summed E-state index contributed by atoms with van der Waals surface area (Å²) in [6.45, 7) is 2.13. The largest absolute Gasteiger partial charge is 0.465 e. The van der Waals surface area contributed by atoms with Gasteiger partial charge in [-0.05, 0) is 42.0 Å². The number of hydrogen-bond donors (Lipinski definition) is 1. The first-order chi connectivity index (χ1) is 10.0. The van der Waals surface area contributed by atoms with Crippen LogP contribution in [0.15, 0.2) is 30.3 Å². The number of benzene rings is 1. The van der Waals surface area contributed by atoms with E-state index >= 15 is 0 Å². The normalized spacial score (nSPS) is 12.1. The summed E-state index contributed by atoms with van der Waals surface area (Å²) in [6.07, 6.45) is 1.66. The Labute approximate surface area is 133 Å². The number of anilines is 1. The minimum atomic E-state index is -0.322. The van der Waals surface area contributed by atoms with E-state index < -0.39 is 0 Å². The van der Waals surface area contributed by atoms with Gasteiger partial charge in [0.25, 0.3) is 0 Å². The van der Waals surface area contributed by atoms with Gasteiger partial charge >= 0.3 is 5.97 Å². The number of rotatable bonds is 5. The summed E-state index contributed by atoms with van der Waals surface area (Å²) in [6, 6.07) is 9.70. The lowest BCUT2D eigenvalue weighted by molar-refractivity contribution is 0.0605. The van der Waals surface area contributed by atoms with Gasteiger partial charge in [0.15, 0.2) is 0 Å². The lowest BCUT2D eigenvalue weighted by Crippen LogP contribution is -2.03. The van der Waals surface area contributed by atoms with Crippen molar-refractivity contribution in [3.05, 3.63) is 51.4 Å². The van der Waals surface area contributed by atoms with Crippen LogP contribution in [-0.2, 0) is 11.2 Å². The molecule has 2 aromatic rings. The summed E-state index contributed by atoms with van der Waals surface area (Å²) in [4.78, 5) is 12.3. The van der Waals surface area contributed by atoms with E-state index in [0.717, 1.165) is 29.0 Å². The molecule has 0 unspecified atom stereocenters. The molecule has 1 atom stereocenters. The molecule has 0 saturated carbocycles. The topological polar surface area (TPSA) is 52.3 Å². The quantitative estimate of drug-likeness (QED) is 0.824. The van der Waals surface area contributed by atoms with Gasteiger partial charge in [-0.15, -0.1) is 11.3 Å². The van der Waals surface area contributed by atoms with E-state index in [4.69, 9.17) is 22.1 Å². The maximum Gasteiger partial charge on any atom is 0.348 e. The molecule has 0 saturated heterocycles. The second kappa shape index (κ2) is 6.96. The highest BCUT2D eigenvalue weighted by Crippen LogP contribution is 2.31. The first-order valence-electron chi connectivity index (χ1n) is 6.73. The second-order valence-corrected chi connectivity index (χ2v) is 6.45. The number of methoxy groups -OCH3 is 1. The standard InChI is InChI=1S/C16H18ClNO2S/c1-10(12-5-3-4-6-13(12)17)7-8-11-9-14(18)21-15(11)16(19)20-2/h3-6,9-10H,7-8,18H2,1-2H3/t10-/m0/s1. The zero-order valence-corrected chi connectivity index (χ0v) is 13.6. The van der Waals surface area contributed by atoms with Crippen LogP contribution in [0.25, 0.3) is 0 Å². The summed E-state index contributed by atoms with van der Waals surface area (Å²) in [5.74, 6) is -0.0116. The predicted molar refractivity (Wildman–Crippen MR) is 88.3 cm³/mol. The van der Waals surface area contributed by atoms with Crippen LogP contribution in [0.2, 0.25) is 5.02 Å². The van der Waals surface area contributed by atoms with Gasteiger partial charge in [0.1, 0.15) is 4.88 Å². The van der Waals surface area contributed by atoms with Crippen LogP contribution in [-0.4, -0.2) is 13.1 Å². The second-order valence-electron chi connectivity index (χ2n) is 4.96. The Balaban J connectivity index is 2.10. The van der Waals surface area contributed by atoms with E-state index in [-0.39, 0.29) is 5.97 Å². The zero-order chi connectivity index (χ0) is 15.4. The molecule has 0 radical (unpaired) electrons. The van der Waals surface area contributed by atoms with Crippen LogP contribution in [0.5, 0.6) is 0 Å². The smallest absolute Gasteiger partial charge is 0.348 e. The molecule has 21 heavy (non-hydrogen) atoms. The highest BCUT2D eigenvalue weighted by Gasteiger charge is 2.17. The number of carbonyl (C=O) groups is 1. The van der Waals surface area contributed by atoms with E-state index in [9.17, 15) is 4.79 Å². The molecule has 0 fully saturated rings.